The van der Waals surface area contributed by atoms with E-state index in [0.29, 0.717) is 32.7 Å². The molecule has 6 heteroatoms. The lowest BCUT2D eigenvalue weighted by Crippen LogP contribution is -2.51. The summed E-state index contributed by atoms with van der Waals surface area (Å²) in [5.41, 5.74) is 1.82. The van der Waals surface area contributed by atoms with E-state index >= 15 is 0 Å². The molecule has 0 aromatic heterocycles. The molecule has 2 amide bonds. The molecule has 132 valence electrons. The van der Waals surface area contributed by atoms with Gasteiger partial charge in [0, 0.05) is 32.7 Å². The van der Waals surface area contributed by atoms with Gasteiger partial charge in [-0.2, -0.15) is 0 Å². The number of benzene rings is 2. The third-order valence-electron chi connectivity index (χ3n) is 4.37. The molecule has 1 fully saturated rings. The number of methoxy groups -OCH3 is 1. The Bertz CT molecular complexity index is 727. The maximum Gasteiger partial charge on any atom is 0.317 e. The number of nitrogens with zero attached hydrogens (tertiary/aromatic N) is 2. The SMILES string of the molecule is COc1cccc(CNC(=O)N2CCN(c3ccccc3O)CC2)c1. The normalized spacial score (nSPS) is 14.3. The molecule has 0 atom stereocenters. The zero-order chi connectivity index (χ0) is 17.6. The number of phenols is 1. The summed E-state index contributed by atoms with van der Waals surface area (Å²) in [6.45, 7) is 3.11. The van der Waals surface area contributed by atoms with E-state index in [4.69, 9.17) is 4.74 Å². The molecule has 0 aliphatic carbocycles. The monoisotopic (exact) mass is 341 g/mol. The number of amides is 2. The van der Waals surface area contributed by atoms with Crippen molar-refractivity contribution < 1.29 is 14.6 Å². The van der Waals surface area contributed by atoms with E-state index in [0.717, 1.165) is 17.0 Å². The molecule has 0 bridgehead atoms. The van der Waals surface area contributed by atoms with Crippen LogP contribution in [0, 0.1) is 0 Å². The predicted molar refractivity (Wildman–Crippen MR) is 97.1 cm³/mol. The van der Waals surface area contributed by atoms with Crippen molar-refractivity contribution in [2.45, 2.75) is 6.54 Å². The molecule has 1 saturated heterocycles. The van der Waals surface area contributed by atoms with Crippen molar-refractivity contribution in [3.05, 3.63) is 54.1 Å². The molecule has 2 aromatic rings. The number of nitrogens with one attached hydrogen (secondary N) is 1. The Balaban J connectivity index is 1.50. The number of piperazine rings is 1. The Kier molecular flexibility index (Phi) is 5.28. The molecule has 0 saturated carbocycles. The van der Waals surface area contributed by atoms with Crippen LogP contribution in [0.25, 0.3) is 0 Å². The summed E-state index contributed by atoms with van der Waals surface area (Å²) in [6.07, 6.45) is 0. The zero-order valence-corrected chi connectivity index (χ0v) is 14.3. The van der Waals surface area contributed by atoms with Gasteiger partial charge in [-0.05, 0) is 29.8 Å². The van der Waals surface area contributed by atoms with Gasteiger partial charge in [0.15, 0.2) is 0 Å². The number of phenolic OH excluding ortho intramolecular Hbond substituents is 1. The molecule has 1 aliphatic rings. The highest BCUT2D eigenvalue weighted by molar-refractivity contribution is 5.74. The second-order valence-corrected chi connectivity index (χ2v) is 5.97. The maximum atomic E-state index is 12.4. The van der Waals surface area contributed by atoms with Gasteiger partial charge in [0.1, 0.15) is 11.5 Å². The lowest BCUT2D eigenvalue weighted by Gasteiger charge is -2.36. The first-order valence-corrected chi connectivity index (χ1v) is 8.36. The van der Waals surface area contributed by atoms with Crippen molar-refractivity contribution in [1.82, 2.24) is 10.2 Å². The van der Waals surface area contributed by atoms with Gasteiger partial charge in [-0.15, -0.1) is 0 Å². The van der Waals surface area contributed by atoms with E-state index in [-0.39, 0.29) is 11.8 Å². The Morgan fingerprint density at radius 3 is 2.60 bits per heavy atom. The highest BCUT2D eigenvalue weighted by Crippen LogP contribution is 2.27. The van der Waals surface area contributed by atoms with Gasteiger partial charge in [0.05, 0.1) is 12.8 Å². The maximum absolute atomic E-state index is 12.4. The van der Waals surface area contributed by atoms with Crippen molar-refractivity contribution in [1.29, 1.82) is 0 Å². The molecule has 2 N–H and O–H groups in total. The van der Waals surface area contributed by atoms with E-state index in [1.165, 1.54) is 0 Å². The second kappa shape index (κ2) is 7.79. The number of rotatable bonds is 4. The average Bonchev–Trinajstić information content (AvgIpc) is 2.67. The molecule has 0 spiro atoms. The second-order valence-electron chi connectivity index (χ2n) is 5.97. The summed E-state index contributed by atoms with van der Waals surface area (Å²) in [5, 5.41) is 12.9. The van der Waals surface area contributed by atoms with Crippen LogP contribution in [-0.4, -0.2) is 49.3 Å². The van der Waals surface area contributed by atoms with Crippen molar-refractivity contribution in [3.63, 3.8) is 0 Å². The van der Waals surface area contributed by atoms with E-state index < -0.39 is 0 Å². The molecule has 0 radical (unpaired) electrons. The first-order chi connectivity index (χ1) is 12.2. The summed E-state index contributed by atoms with van der Waals surface area (Å²) >= 11 is 0. The van der Waals surface area contributed by atoms with Crippen LogP contribution in [0.1, 0.15) is 5.56 Å². The number of hydrogen-bond acceptors (Lipinski definition) is 4. The molecule has 0 unspecified atom stereocenters. The van der Waals surface area contributed by atoms with E-state index in [1.807, 2.05) is 36.4 Å². The standard InChI is InChI=1S/C19H23N3O3/c1-25-16-6-4-5-15(13-16)14-20-19(24)22-11-9-21(10-12-22)17-7-2-3-8-18(17)23/h2-8,13,23H,9-12,14H2,1H3,(H,20,24). The van der Waals surface area contributed by atoms with Crippen LogP contribution < -0.4 is 15.0 Å². The number of hydrogen-bond donors (Lipinski definition) is 2. The van der Waals surface area contributed by atoms with Gasteiger partial charge in [-0.3, -0.25) is 0 Å². The molecular weight excluding hydrogens is 318 g/mol. The van der Waals surface area contributed by atoms with Crippen LogP contribution in [0.3, 0.4) is 0 Å². The number of ether oxygens (including phenoxy) is 1. The summed E-state index contributed by atoms with van der Waals surface area (Å²) in [7, 11) is 1.63. The third kappa shape index (κ3) is 4.15. The Morgan fingerprint density at radius 1 is 1.12 bits per heavy atom. The van der Waals surface area contributed by atoms with Gasteiger partial charge in [-0.1, -0.05) is 24.3 Å². The number of para-hydroxylation sites is 2. The molecule has 25 heavy (non-hydrogen) atoms. The van der Waals surface area contributed by atoms with Gasteiger partial charge < -0.3 is 25.0 Å². The molecule has 3 rings (SSSR count). The van der Waals surface area contributed by atoms with Crippen molar-refractivity contribution in [2.24, 2.45) is 0 Å². The Morgan fingerprint density at radius 2 is 1.88 bits per heavy atom. The number of aromatic hydroxyl groups is 1. The summed E-state index contributed by atoms with van der Waals surface area (Å²) < 4.78 is 5.19. The molecule has 2 aromatic carbocycles. The van der Waals surface area contributed by atoms with Crippen molar-refractivity contribution in [2.75, 3.05) is 38.2 Å². The highest BCUT2D eigenvalue weighted by Gasteiger charge is 2.22. The zero-order valence-electron chi connectivity index (χ0n) is 14.3. The first-order valence-electron chi connectivity index (χ1n) is 8.36. The lowest BCUT2D eigenvalue weighted by molar-refractivity contribution is 0.194. The first kappa shape index (κ1) is 17.0. The van der Waals surface area contributed by atoms with Gasteiger partial charge in [0.25, 0.3) is 0 Å². The van der Waals surface area contributed by atoms with Crippen LogP contribution in [0.5, 0.6) is 11.5 Å². The van der Waals surface area contributed by atoms with E-state index in [2.05, 4.69) is 10.2 Å². The minimum atomic E-state index is -0.0697. The number of carbonyl (C=O) groups is 1. The van der Waals surface area contributed by atoms with Crippen molar-refractivity contribution >= 4 is 11.7 Å². The topological polar surface area (TPSA) is 65.0 Å². The Hall–Kier alpha value is -2.89. The average molecular weight is 341 g/mol. The van der Waals surface area contributed by atoms with E-state index in [9.17, 15) is 9.90 Å². The molecule has 6 nitrogen and oxygen atoms in total. The third-order valence-corrected chi connectivity index (χ3v) is 4.37. The van der Waals surface area contributed by atoms with E-state index in [1.54, 1.807) is 24.1 Å². The van der Waals surface area contributed by atoms with Gasteiger partial charge >= 0.3 is 6.03 Å². The Labute approximate surface area is 147 Å². The quantitative estimate of drug-likeness (QED) is 0.896. The van der Waals surface area contributed by atoms with Gasteiger partial charge in [0.2, 0.25) is 0 Å². The molecular formula is C19H23N3O3. The summed E-state index contributed by atoms with van der Waals surface area (Å²) in [5.74, 6) is 1.06. The fourth-order valence-electron chi connectivity index (χ4n) is 2.95. The van der Waals surface area contributed by atoms with Crippen molar-refractivity contribution in [3.8, 4) is 11.5 Å². The van der Waals surface area contributed by atoms with Gasteiger partial charge in [-0.25, -0.2) is 4.79 Å². The minimum Gasteiger partial charge on any atom is -0.506 e. The van der Waals surface area contributed by atoms with Crippen LogP contribution >= 0.6 is 0 Å². The minimum absolute atomic E-state index is 0.0697. The fraction of sp³-hybridized carbons (Fsp3) is 0.316. The molecule has 1 aliphatic heterocycles. The number of anilines is 1. The summed E-state index contributed by atoms with van der Waals surface area (Å²) in [6, 6.07) is 14.9. The fourth-order valence-corrected chi connectivity index (χ4v) is 2.95. The van der Waals surface area contributed by atoms with Crippen LogP contribution in [0.4, 0.5) is 10.5 Å². The number of urea groups is 1. The summed E-state index contributed by atoms with van der Waals surface area (Å²) in [4.78, 5) is 16.3. The lowest BCUT2D eigenvalue weighted by atomic mass is 10.2. The largest absolute Gasteiger partial charge is 0.506 e. The molecule has 1 heterocycles. The highest BCUT2D eigenvalue weighted by atomic mass is 16.5. The van der Waals surface area contributed by atoms with Crippen LogP contribution in [-0.2, 0) is 6.54 Å². The number of carbonyl (C=O) groups excluding carboxylic acids is 1. The van der Waals surface area contributed by atoms with Crippen LogP contribution in [0.15, 0.2) is 48.5 Å². The smallest absolute Gasteiger partial charge is 0.317 e. The predicted octanol–water partition coefficient (Wildman–Crippen LogP) is 2.43. The van der Waals surface area contributed by atoms with Crippen LogP contribution in [0.2, 0.25) is 0 Å².